The minimum Gasteiger partial charge on any atom is -0.497 e. The largest absolute Gasteiger partial charge is 0.497 e. The second kappa shape index (κ2) is 7.98. The number of ether oxygens (including phenoxy) is 1. The van der Waals surface area contributed by atoms with Gasteiger partial charge in [0.2, 0.25) is 11.8 Å². The van der Waals surface area contributed by atoms with Gasteiger partial charge in [-0.2, -0.15) is 0 Å². The first kappa shape index (κ1) is 19.0. The van der Waals surface area contributed by atoms with E-state index >= 15 is 0 Å². The summed E-state index contributed by atoms with van der Waals surface area (Å²) in [6, 6.07) is 10.6. The fourth-order valence-electron chi connectivity index (χ4n) is 3.85. The molecule has 0 bridgehead atoms. The first-order valence-electron chi connectivity index (χ1n) is 9.63. The van der Waals surface area contributed by atoms with Crippen molar-refractivity contribution in [2.75, 3.05) is 44.7 Å². The lowest BCUT2D eigenvalue weighted by Crippen LogP contribution is -2.52. The quantitative estimate of drug-likeness (QED) is 0.783. The van der Waals surface area contributed by atoms with Crippen molar-refractivity contribution in [3.05, 3.63) is 48.4 Å². The highest BCUT2D eigenvalue weighted by Crippen LogP contribution is 2.29. The van der Waals surface area contributed by atoms with Gasteiger partial charge in [-0.15, -0.1) is 0 Å². The van der Waals surface area contributed by atoms with Crippen LogP contribution < -0.4 is 9.64 Å². The number of hydrogen-bond acceptors (Lipinski definition) is 5. The maximum Gasteiger partial charge on any atom is 0.289 e. The Balaban J connectivity index is 1.36. The summed E-state index contributed by atoms with van der Waals surface area (Å²) < 4.78 is 10.4. The van der Waals surface area contributed by atoms with E-state index in [-0.39, 0.29) is 30.1 Å². The number of carbonyl (C=O) groups excluding carboxylic acids is 3. The molecule has 2 aromatic rings. The van der Waals surface area contributed by atoms with Gasteiger partial charge >= 0.3 is 0 Å². The van der Waals surface area contributed by atoms with E-state index in [9.17, 15) is 14.4 Å². The predicted octanol–water partition coefficient (Wildman–Crippen LogP) is 1.63. The summed E-state index contributed by atoms with van der Waals surface area (Å²) in [5.41, 5.74) is 0.735. The number of benzene rings is 1. The molecule has 0 spiro atoms. The molecule has 1 aromatic carbocycles. The van der Waals surface area contributed by atoms with Crippen LogP contribution in [-0.2, 0) is 9.59 Å². The molecular formula is C21H23N3O5. The number of rotatable bonds is 4. The molecular weight excluding hydrogens is 374 g/mol. The van der Waals surface area contributed by atoms with Crippen molar-refractivity contribution in [1.29, 1.82) is 0 Å². The summed E-state index contributed by atoms with van der Waals surface area (Å²) in [6.45, 7) is 2.16. The first-order valence-corrected chi connectivity index (χ1v) is 9.63. The molecule has 2 aliphatic heterocycles. The van der Waals surface area contributed by atoms with Crippen molar-refractivity contribution in [2.45, 2.75) is 6.42 Å². The fraction of sp³-hybridized carbons (Fsp3) is 0.381. The number of carbonyl (C=O) groups is 3. The molecule has 0 saturated carbocycles. The average molecular weight is 397 g/mol. The molecule has 8 heteroatoms. The predicted molar refractivity (Wildman–Crippen MR) is 105 cm³/mol. The van der Waals surface area contributed by atoms with E-state index in [1.165, 1.54) is 6.26 Å². The maximum atomic E-state index is 13.0. The van der Waals surface area contributed by atoms with Crippen LogP contribution in [0.4, 0.5) is 5.69 Å². The van der Waals surface area contributed by atoms with Gasteiger partial charge < -0.3 is 23.9 Å². The zero-order valence-corrected chi connectivity index (χ0v) is 16.2. The van der Waals surface area contributed by atoms with Crippen molar-refractivity contribution in [2.24, 2.45) is 5.92 Å². The van der Waals surface area contributed by atoms with Crippen molar-refractivity contribution < 1.29 is 23.5 Å². The van der Waals surface area contributed by atoms with Gasteiger partial charge in [-0.1, -0.05) is 6.07 Å². The maximum absolute atomic E-state index is 13.0. The Hall–Kier alpha value is -3.29. The number of furan rings is 1. The number of piperazine rings is 1. The van der Waals surface area contributed by atoms with Crippen LogP contribution in [0.1, 0.15) is 17.0 Å². The first-order chi connectivity index (χ1) is 14.1. The minimum atomic E-state index is -0.374. The van der Waals surface area contributed by atoms with Crippen LogP contribution in [0.5, 0.6) is 5.75 Å². The van der Waals surface area contributed by atoms with Crippen LogP contribution in [0.3, 0.4) is 0 Å². The van der Waals surface area contributed by atoms with E-state index in [2.05, 4.69) is 0 Å². The standard InChI is InChI=1S/C21H23N3O5/c1-28-17-5-2-4-16(13-17)24-14-15(12-19(24)25)20(26)22-7-9-23(10-8-22)21(27)18-6-3-11-29-18/h2-6,11,13,15H,7-10,12,14H2,1H3/t15-/m0/s1. The van der Waals surface area contributed by atoms with Gasteiger partial charge in [0.05, 0.1) is 19.3 Å². The van der Waals surface area contributed by atoms with Crippen molar-refractivity contribution in [3.8, 4) is 5.75 Å². The second-order valence-electron chi connectivity index (χ2n) is 7.20. The van der Waals surface area contributed by atoms with Crippen molar-refractivity contribution in [3.63, 3.8) is 0 Å². The van der Waals surface area contributed by atoms with Gasteiger partial charge in [0.25, 0.3) is 5.91 Å². The van der Waals surface area contributed by atoms with Gasteiger partial charge in [0, 0.05) is 50.9 Å². The summed E-state index contributed by atoms with van der Waals surface area (Å²) in [7, 11) is 1.58. The van der Waals surface area contributed by atoms with Crippen LogP contribution in [0, 0.1) is 5.92 Å². The lowest BCUT2D eigenvalue weighted by atomic mass is 10.1. The van der Waals surface area contributed by atoms with Crippen LogP contribution in [-0.4, -0.2) is 67.4 Å². The molecule has 152 valence electrons. The Morgan fingerprint density at radius 3 is 2.52 bits per heavy atom. The molecule has 8 nitrogen and oxygen atoms in total. The molecule has 3 amide bonds. The highest BCUT2D eigenvalue weighted by molar-refractivity contribution is 6.00. The Labute approximate surface area is 168 Å². The van der Waals surface area contributed by atoms with Crippen LogP contribution in [0.15, 0.2) is 47.1 Å². The molecule has 3 heterocycles. The molecule has 0 unspecified atom stereocenters. The summed E-state index contributed by atoms with van der Waals surface area (Å²) in [5.74, 6) is 0.336. The fourth-order valence-corrected chi connectivity index (χ4v) is 3.85. The van der Waals surface area contributed by atoms with Gasteiger partial charge in [-0.3, -0.25) is 14.4 Å². The molecule has 2 aliphatic rings. The van der Waals surface area contributed by atoms with Gasteiger partial charge in [-0.05, 0) is 24.3 Å². The normalized spacial score (nSPS) is 19.6. The highest BCUT2D eigenvalue weighted by atomic mass is 16.5. The summed E-state index contributed by atoms with van der Waals surface area (Å²) >= 11 is 0. The Morgan fingerprint density at radius 2 is 1.83 bits per heavy atom. The molecule has 0 aliphatic carbocycles. The van der Waals surface area contributed by atoms with E-state index in [1.54, 1.807) is 40.0 Å². The third-order valence-electron chi connectivity index (χ3n) is 5.45. The van der Waals surface area contributed by atoms with Gasteiger partial charge in [0.1, 0.15) is 5.75 Å². The molecule has 0 N–H and O–H groups in total. The molecule has 29 heavy (non-hydrogen) atoms. The molecule has 1 aromatic heterocycles. The van der Waals surface area contributed by atoms with Crippen LogP contribution >= 0.6 is 0 Å². The Kier molecular flexibility index (Phi) is 5.24. The van der Waals surface area contributed by atoms with E-state index < -0.39 is 0 Å². The third-order valence-corrected chi connectivity index (χ3v) is 5.45. The number of hydrogen-bond donors (Lipinski definition) is 0. The monoisotopic (exact) mass is 397 g/mol. The van der Waals surface area contributed by atoms with E-state index in [0.717, 1.165) is 5.69 Å². The van der Waals surface area contributed by atoms with Gasteiger partial charge in [0.15, 0.2) is 5.76 Å². The SMILES string of the molecule is COc1cccc(N2C[C@@H](C(=O)N3CCN(C(=O)c4ccco4)CC3)CC2=O)c1. The topological polar surface area (TPSA) is 83.3 Å². The summed E-state index contributed by atoms with van der Waals surface area (Å²) in [4.78, 5) is 42.9. The zero-order valence-electron chi connectivity index (χ0n) is 16.2. The Morgan fingerprint density at radius 1 is 1.07 bits per heavy atom. The zero-order chi connectivity index (χ0) is 20.4. The summed E-state index contributed by atoms with van der Waals surface area (Å²) in [6.07, 6.45) is 1.67. The average Bonchev–Trinajstić information content (AvgIpc) is 3.43. The van der Waals surface area contributed by atoms with Crippen molar-refractivity contribution >= 4 is 23.4 Å². The van der Waals surface area contributed by atoms with E-state index in [1.807, 2.05) is 18.2 Å². The van der Waals surface area contributed by atoms with Gasteiger partial charge in [-0.25, -0.2) is 0 Å². The lowest BCUT2D eigenvalue weighted by Gasteiger charge is -2.35. The number of nitrogens with zero attached hydrogens (tertiary/aromatic N) is 3. The number of amides is 3. The smallest absolute Gasteiger partial charge is 0.289 e. The lowest BCUT2D eigenvalue weighted by molar-refractivity contribution is -0.137. The van der Waals surface area contributed by atoms with Crippen LogP contribution in [0.25, 0.3) is 0 Å². The molecule has 1 atom stereocenters. The van der Waals surface area contributed by atoms with E-state index in [4.69, 9.17) is 9.15 Å². The van der Waals surface area contributed by atoms with E-state index in [0.29, 0.717) is 44.2 Å². The third kappa shape index (κ3) is 3.83. The minimum absolute atomic E-state index is 0.0335. The molecule has 0 radical (unpaired) electrons. The van der Waals surface area contributed by atoms with Crippen LogP contribution in [0.2, 0.25) is 0 Å². The van der Waals surface area contributed by atoms with Crippen molar-refractivity contribution in [1.82, 2.24) is 9.80 Å². The summed E-state index contributed by atoms with van der Waals surface area (Å²) in [5, 5.41) is 0. The Bertz CT molecular complexity index is 903. The number of anilines is 1. The number of methoxy groups -OCH3 is 1. The molecule has 2 fully saturated rings. The highest BCUT2D eigenvalue weighted by Gasteiger charge is 2.38. The molecule has 2 saturated heterocycles. The second-order valence-corrected chi connectivity index (χ2v) is 7.20. The molecule has 4 rings (SSSR count).